The number of Topliss-reactive ketones (excluding diaryl/α,β-unsaturated/α-hetero) is 1. The third-order valence-corrected chi connectivity index (χ3v) is 18.9. The lowest BCUT2D eigenvalue weighted by Gasteiger charge is -2.42. The highest BCUT2D eigenvalue weighted by Gasteiger charge is 2.49. The lowest BCUT2D eigenvalue weighted by molar-refractivity contribution is -0.247. The molecule has 3 fully saturated rings. The SMILES string of the molecule is CC(=O)[C@]1(O)Cc2c(O)c3c(c(O)c2[C@@H](O[C@H]2C[C@H](N)[C@H](O)[C@H](C)O2)C1)C(=O)c1ccccc1C3=O.CCCNP1(=O)OCCCN1CCCl.CS(=O)(=O)O.Cc1ccc(NC(=O)c2ccc(CN3CCN(C)CC3)cc2)cc1Cc1nccc(-c2cccnc2)n1. The van der Waals surface area contributed by atoms with Gasteiger partial charge in [-0.05, 0) is 99.8 Å². The highest BCUT2D eigenvalue weighted by Crippen LogP contribution is 2.52. The number of phenolic OH excluding ortho intramolecular Hbond substituents is 2. The number of ketones is 3. The lowest BCUT2D eigenvalue weighted by atomic mass is 9.72. The number of nitrogens with two attached hydrogens (primary N) is 1. The van der Waals surface area contributed by atoms with Gasteiger partial charge in [-0.25, -0.2) is 19.7 Å². The van der Waals surface area contributed by atoms with Crippen LogP contribution in [0.15, 0.2) is 104 Å². The molecule has 9 N–H and O–H groups in total. The number of phenols is 2. The molecule has 11 rings (SSSR count). The first-order valence-electron chi connectivity index (χ1n) is 30.3. The van der Waals surface area contributed by atoms with Crippen molar-refractivity contribution >= 4 is 58.3 Å². The van der Waals surface area contributed by atoms with E-state index in [0.717, 1.165) is 92.6 Å². The van der Waals surface area contributed by atoms with Crippen molar-refractivity contribution in [3.05, 3.63) is 165 Å². The number of nitrogens with one attached hydrogen (secondary N) is 2. The fourth-order valence-corrected chi connectivity index (χ4v) is 13.7. The highest BCUT2D eigenvalue weighted by molar-refractivity contribution is 7.85. The Morgan fingerprint density at radius 1 is 0.946 bits per heavy atom. The van der Waals surface area contributed by atoms with Crippen LogP contribution in [0.3, 0.4) is 0 Å². The number of fused-ring (bicyclic) bond motifs is 3. The monoisotopic (exact) mass is 1330 g/mol. The molecule has 24 nitrogen and oxygen atoms in total. The van der Waals surface area contributed by atoms with Crippen LogP contribution >= 0.6 is 19.3 Å². The molecule has 494 valence electrons. The maximum atomic E-state index is 13.3. The number of aryl methyl sites for hydroxylation is 1. The van der Waals surface area contributed by atoms with Gasteiger partial charge in [-0.1, -0.05) is 49.4 Å². The van der Waals surface area contributed by atoms with Crippen LogP contribution in [0.1, 0.15) is 128 Å². The van der Waals surface area contributed by atoms with E-state index in [1.54, 1.807) is 37.6 Å². The Bertz CT molecular complexity index is 3750. The van der Waals surface area contributed by atoms with Crippen LogP contribution in [0.2, 0.25) is 0 Å². The second-order valence-corrected chi connectivity index (χ2v) is 27.5. The summed E-state index contributed by atoms with van der Waals surface area (Å²) in [6.45, 7) is 14.9. The van der Waals surface area contributed by atoms with E-state index in [0.29, 0.717) is 37.3 Å². The number of benzene rings is 4. The topological polar surface area (TPSA) is 347 Å². The van der Waals surface area contributed by atoms with Gasteiger partial charge in [-0.3, -0.25) is 38.2 Å². The number of nitrogens with zero attached hydrogens (tertiary/aromatic N) is 6. The Morgan fingerprint density at radius 2 is 1.62 bits per heavy atom. The third kappa shape index (κ3) is 17.9. The number of aromatic nitrogens is 3. The van der Waals surface area contributed by atoms with Gasteiger partial charge in [0.15, 0.2) is 23.6 Å². The van der Waals surface area contributed by atoms with Crippen LogP contribution in [0, 0.1) is 6.92 Å². The molecule has 5 heterocycles. The molecule has 5 aliphatic rings. The number of hydrogen-bond donors (Lipinski definition) is 8. The second-order valence-electron chi connectivity index (χ2n) is 23.4. The van der Waals surface area contributed by atoms with Crippen molar-refractivity contribution in [2.45, 2.75) is 109 Å². The first kappa shape index (κ1) is 71.1. The summed E-state index contributed by atoms with van der Waals surface area (Å²) >= 11 is 5.65. The third-order valence-electron chi connectivity index (χ3n) is 16.4. The van der Waals surface area contributed by atoms with Gasteiger partial charge in [-0.15, -0.1) is 11.6 Å². The molecular weight excluding hydrogens is 1250 g/mol. The Morgan fingerprint density at radius 3 is 2.24 bits per heavy atom. The molecule has 3 saturated heterocycles. The number of hydrogen-bond acceptors (Lipinski definition) is 20. The summed E-state index contributed by atoms with van der Waals surface area (Å²) in [5.41, 5.74) is 10.0. The summed E-state index contributed by atoms with van der Waals surface area (Å²) in [6, 6.07) is 25.1. The lowest BCUT2D eigenvalue weighted by Crippen LogP contribution is -2.52. The maximum absolute atomic E-state index is 13.3. The standard InChI is InChI=1S/C30H32N6O.C26H27NO9.C8H18ClN2O2P.CH4O3S/c1-22-5-10-27(18-26(22)19-29-32-13-11-28(34-29)25-4-3-12-31-20-25)33-30(37)24-8-6-23(7-9-24)21-36-16-14-35(2)15-17-36;1-10-21(29)15(27)7-17(35-10)36-16-9-26(34,11(2)28)8-14-18(16)25(33)20-19(24(14)32)22(30)12-5-3-4-6-13(12)23(20)31;1-2-5-10-14(12)11(7-4-9)6-3-8-13-14;1-5(2,3)4/h3-13,18,20H,14-17,19,21H2,1-2H3,(H,33,37);3-6,10,15-17,21,29,32-34H,7-9,27H2,1-2H3;2-8H2,1H3,(H,10,12);1H3,(H,2,3,4)/t;10-,15-,16-,17-,21+,26-;;/m.0../s1. The fraction of sp³-hybridized carbons (Fsp3) is 0.431. The molecule has 0 bridgehead atoms. The van der Waals surface area contributed by atoms with Crippen LogP contribution < -0.4 is 16.1 Å². The van der Waals surface area contributed by atoms with E-state index < -0.39 is 89.3 Å². The first-order valence-corrected chi connectivity index (χ1v) is 34.3. The number of alkyl halides is 1. The molecule has 3 aliphatic heterocycles. The van der Waals surface area contributed by atoms with E-state index in [1.165, 1.54) is 24.6 Å². The van der Waals surface area contributed by atoms with Crippen LogP contribution in [-0.2, 0) is 52.9 Å². The van der Waals surface area contributed by atoms with Crippen molar-refractivity contribution in [3.63, 3.8) is 0 Å². The minimum Gasteiger partial charge on any atom is -0.507 e. The molecule has 1 unspecified atom stereocenters. The zero-order chi connectivity index (χ0) is 66.7. The molecule has 6 aromatic rings. The molecule has 4 aromatic carbocycles. The largest absolute Gasteiger partial charge is 0.507 e. The smallest absolute Gasteiger partial charge is 0.343 e. The Balaban J connectivity index is 0.000000185. The number of rotatable bonds is 15. The number of aliphatic hydroxyl groups is 2. The summed E-state index contributed by atoms with van der Waals surface area (Å²) in [6.07, 6.45) is 4.11. The maximum Gasteiger partial charge on any atom is 0.343 e. The van der Waals surface area contributed by atoms with Crippen LogP contribution in [0.5, 0.6) is 11.5 Å². The number of aromatic hydroxyl groups is 2. The molecule has 27 heteroatoms. The van der Waals surface area contributed by atoms with Gasteiger partial charge in [0.05, 0.1) is 48.0 Å². The predicted molar refractivity (Wildman–Crippen MR) is 346 cm³/mol. The number of aliphatic hydroxyl groups excluding tert-OH is 1. The zero-order valence-electron chi connectivity index (χ0n) is 52.3. The fourth-order valence-electron chi connectivity index (χ4n) is 11.3. The number of pyridine rings is 1. The van der Waals surface area contributed by atoms with E-state index in [2.05, 4.69) is 56.3 Å². The quantitative estimate of drug-likeness (QED) is 0.0221. The Kier molecular flexibility index (Phi) is 24.3. The number of carbonyl (C=O) groups excluding carboxylic acids is 4. The van der Waals surface area contributed by atoms with E-state index in [-0.39, 0.29) is 52.1 Å². The molecule has 0 spiro atoms. The zero-order valence-corrected chi connectivity index (χ0v) is 54.8. The Labute approximate surface area is 540 Å². The molecule has 1 amide bonds. The minimum atomic E-state index is -3.67. The number of piperazine rings is 1. The van der Waals surface area contributed by atoms with Gasteiger partial charge >= 0.3 is 7.67 Å². The summed E-state index contributed by atoms with van der Waals surface area (Å²) in [5.74, 6) is -1.96. The van der Waals surface area contributed by atoms with E-state index >= 15 is 0 Å². The van der Waals surface area contributed by atoms with Crippen molar-refractivity contribution in [1.29, 1.82) is 0 Å². The van der Waals surface area contributed by atoms with E-state index in [9.17, 15) is 52.6 Å². The normalized spacial score (nSPS) is 23.2. The first-order chi connectivity index (χ1) is 43.7. The van der Waals surface area contributed by atoms with Gasteiger partial charge in [0.2, 0.25) is 0 Å². The Hall–Kier alpha value is -6.78. The van der Waals surface area contributed by atoms with E-state index in [1.807, 2.05) is 60.1 Å². The molecular formula is C65H81ClN9O15PS. The van der Waals surface area contributed by atoms with Crippen molar-refractivity contribution in [2.75, 3.05) is 76.9 Å². The summed E-state index contributed by atoms with van der Waals surface area (Å²) in [5, 5.41) is 49.9. The van der Waals surface area contributed by atoms with Gasteiger partial charge in [0.1, 0.15) is 22.9 Å². The average Bonchev–Trinajstić information content (AvgIpc) is 0.716. The molecule has 2 aliphatic carbocycles. The molecule has 0 radical (unpaired) electrons. The van der Waals surface area contributed by atoms with Gasteiger partial charge < -0.3 is 50.4 Å². The van der Waals surface area contributed by atoms with Crippen LogP contribution in [-0.4, -0.2) is 188 Å². The van der Waals surface area contributed by atoms with Crippen molar-refractivity contribution in [3.8, 4) is 22.8 Å². The molecule has 7 atom stereocenters. The van der Waals surface area contributed by atoms with Gasteiger partial charge in [-0.2, -0.15) is 8.42 Å². The van der Waals surface area contributed by atoms with Crippen molar-refractivity contribution in [2.24, 2.45) is 5.73 Å². The van der Waals surface area contributed by atoms with E-state index in [4.69, 9.17) is 40.9 Å². The average molecular weight is 1330 g/mol. The number of anilines is 1. The number of carbonyl (C=O) groups is 4. The minimum absolute atomic E-state index is 0.00588. The molecule has 0 saturated carbocycles. The van der Waals surface area contributed by atoms with Crippen LogP contribution in [0.4, 0.5) is 5.69 Å². The summed E-state index contributed by atoms with van der Waals surface area (Å²) in [7, 11) is -4.26. The van der Waals surface area contributed by atoms with Crippen molar-refractivity contribution in [1.82, 2.24) is 34.5 Å². The number of likely N-dealkylation sites (N-methyl/N-ethyl adjacent to an activating group) is 1. The van der Waals surface area contributed by atoms with Crippen molar-refractivity contribution < 1.29 is 71.1 Å². The van der Waals surface area contributed by atoms with Gasteiger partial charge in [0, 0.05) is 148 Å². The molecule has 92 heavy (non-hydrogen) atoms. The summed E-state index contributed by atoms with van der Waals surface area (Å²) < 4.78 is 57.1. The van der Waals surface area contributed by atoms with Crippen LogP contribution in [0.25, 0.3) is 11.3 Å². The second kappa shape index (κ2) is 31.4. The summed E-state index contributed by atoms with van der Waals surface area (Å²) in [4.78, 5) is 70.2. The number of halogens is 1. The molecule has 2 aromatic heterocycles. The highest BCUT2D eigenvalue weighted by atomic mass is 35.5. The number of ether oxygens (including phenoxy) is 2. The van der Waals surface area contributed by atoms with Gasteiger partial charge in [0.25, 0.3) is 16.0 Å². The number of amides is 1. The predicted octanol–water partition coefficient (Wildman–Crippen LogP) is 7.02.